The number of hydrogen-bond acceptors (Lipinski definition) is 3. The molecule has 1 aromatic carbocycles. The molecule has 0 radical (unpaired) electrons. The molecule has 3 rings (SSSR count). The Morgan fingerprint density at radius 2 is 2.21 bits per heavy atom. The Morgan fingerprint density at radius 3 is 2.95 bits per heavy atom. The Balaban J connectivity index is 1.88. The predicted octanol–water partition coefficient (Wildman–Crippen LogP) is 2.97. The van der Waals surface area contributed by atoms with E-state index in [1.165, 1.54) is 0 Å². The molecule has 3 heteroatoms. The van der Waals surface area contributed by atoms with E-state index in [1.54, 1.807) is 0 Å². The molecule has 0 saturated carbocycles. The molecule has 0 bridgehead atoms. The number of ketones is 1. The maximum Gasteiger partial charge on any atom is 0.168 e. The van der Waals surface area contributed by atoms with Gasteiger partial charge in [-0.15, -0.1) is 0 Å². The summed E-state index contributed by atoms with van der Waals surface area (Å²) in [5.41, 5.74) is 1.94. The molecule has 1 unspecified atom stereocenters. The minimum Gasteiger partial charge on any atom is -0.492 e. The average molecular weight is 260 g/mol. The van der Waals surface area contributed by atoms with E-state index in [1.807, 2.05) is 18.2 Å². The molecule has 2 heterocycles. The fourth-order valence-corrected chi connectivity index (χ4v) is 2.86. The van der Waals surface area contributed by atoms with E-state index in [0.717, 1.165) is 36.3 Å². The quantitative estimate of drug-likeness (QED) is 0.767. The number of rotatable bonds is 2. The van der Waals surface area contributed by atoms with Gasteiger partial charge in [0.25, 0.3) is 0 Å². The van der Waals surface area contributed by atoms with Crippen molar-refractivity contribution in [3.63, 3.8) is 0 Å². The second kappa shape index (κ2) is 4.64. The van der Waals surface area contributed by atoms with Crippen molar-refractivity contribution in [2.45, 2.75) is 32.1 Å². The Bertz CT molecular complexity index is 499. The SMILES string of the molecule is CC1(C)COc2ccc(C(=O)C3CCCOC3)cc21. The van der Waals surface area contributed by atoms with Crippen molar-refractivity contribution in [2.75, 3.05) is 19.8 Å². The lowest BCUT2D eigenvalue weighted by atomic mass is 9.84. The molecule has 0 amide bonds. The van der Waals surface area contributed by atoms with Gasteiger partial charge in [-0.1, -0.05) is 13.8 Å². The normalized spacial score (nSPS) is 24.6. The molecule has 0 N–H and O–H groups in total. The van der Waals surface area contributed by atoms with Crippen LogP contribution in [0.1, 0.15) is 42.6 Å². The van der Waals surface area contributed by atoms with E-state index in [9.17, 15) is 4.79 Å². The van der Waals surface area contributed by atoms with E-state index in [4.69, 9.17) is 9.47 Å². The van der Waals surface area contributed by atoms with E-state index in [0.29, 0.717) is 13.2 Å². The van der Waals surface area contributed by atoms with Crippen LogP contribution in [-0.4, -0.2) is 25.6 Å². The summed E-state index contributed by atoms with van der Waals surface area (Å²) in [6.45, 7) is 6.34. The van der Waals surface area contributed by atoms with E-state index < -0.39 is 0 Å². The molecule has 2 aliphatic heterocycles. The number of Topliss-reactive ketones (excluding diaryl/α,β-unsaturated/α-hetero) is 1. The topological polar surface area (TPSA) is 35.5 Å². The molecule has 3 nitrogen and oxygen atoms in total. The third-order valence-corrected chi connectivity index (χ3v) is 4.11. The van der Waals surface area contributed by atoms with Crippen LogP contribution in [0.2, 0.25) is 0 Å². The van der Waals surface area contributed by atoms with Crippen LogP contribution in [0.5, 0.6) is 5.75 Å². The van der Waals surface area contributed by atoms with Crippen molar-refractivity contribution in [3.05, 3.63) is 29.3 Å². The third-order valence-electron chi connectivity index (χ3n) is 4.11. The van der Waals surface area contributed by atoms with Crippen LogP contribution < -0.4 is 4.74 Å². The highest BCUT2D eigenvalue weighted by Crippen LogP contribution is 2.39. The molecule has 1 fully saturated rings. The van der Waals surface area contributed by atoms with Crippen LogP contribution in [0.3, 0.4) is 0 Å². The Kier molecular flexibility index (Phi) is 3.09. The lowest BCUT2D eigenvalue weighted by Crippen LogP contribution is -2.25. The second-order valence-corrected chi connectivity index (χ2v) is 6.16. The lowest BCUT2D eigenvalue weighted by Gasteiger charge is -2.21. The monoisotopic (exact) mass is 260 g/mol. The summed E-state index contributed by atoms with van der Waals surface area (Å²) in [4.78, 5) is 12.5. The van der Waals surface area contributed by atoms with Gasteiger partial charge < -0.3 is 9.47 Å². The van der Waals surface area contributed by atoms with Crippen molar-refractivity contribution >= 4 is 5.78 Å². The van der Waals surface area contributed by atoms with Crippen LogP contribution in [0.4, 0.5) is 0 Å². The van der Waals surface area contributed by atoms with Crippen LogP contribution in [-0.2, 0) is 10.2 Å². The molecule has 0 aromatic heterocycles. The molecule has 1 atom stereocenters. The van der Waals surface area contributed by atoms with Crippen LogP contribution in [0.15, 0.2) is 18.2 Å². The van der Waals surface area contributed by atoms with Gasteiger partial charge in [-0.3, -0.25) is 4.79 Å². The van der Waals surface area contributed by atoms with Gasteiger partial charge >= 0.3 is 0 Å². The van der Waals surface area contributed by atoms with E-state index in [-0.39, 0.29) is 17.1 Å². The van der Waals surface area contributed by atoms with Crippen LogP contribution in [0.25, 0.3) is 0 Å². The van der Waals surface area contributed by atoms with Gasteiger partial charge in [0.05, 0.1) is 13.2 Å². The number of benzene rings is 1. The molecule has 19 heavy (non-hydrogen) atoms. The molecular formula is C16H20O3. The van der Waals surface area contributed by atoms with E-state index >= 15 is 0 Å². The summed E-state index contributed by atoms with van der Waals surface area (Å²) in [6.07, 6.45) is 1.92. The zero-order valence-corrected chi connectivity index (χ0v) is 11.6. The van der Waals surface area contributed by atoms with Gasteiger partial charge in [-0.2, -0.15) is 0 Å². The fraction of sp³-hybridized carbons (Fsp3) is 0.562. The fourth-order valence-electron chi connectivity index (χ4n) is 2.86. The van der Waals surface area contributed by atoms with Crippen molar-refractivity contribution in [2.24, 2.45) is 5.92 Å². The maximum atomic E-state index is 12.5. The summed E-state index contributed by atoms with van der Waals surface area (Å²) < 4.78 is 11.1. The number of carbonyl (C=O) groups excluding carboxylic acids is 1. The van der Waals surface area contributed by atoms with Crippen molar-refractivity contribution in [3.8, 4) is 5.75 Å². The number of hydrogen-bond donors (Lipinski definition) is 0. The van der Waals surface area contributed by atoms with Gasteiger partial charge in [-0.05, 0) is 31.0 Å². The summed E-state index contributed by atoms with van der Waals surface area (Å²) in [7, 11) is 0. The van der Waals surface area contributed by atoms with Gasteiger partial charge in [0.1, 0.15) is 5.75 Å². The highest BCUT2D eigenvalue weighted by atomic mass is 16.5. The summed E-state index contributed by atoms with van der Waals surface area (Å²) >= 11 is 0. The van der Waals surface area contributed by atoms with E-state index in [2.05, 4.69) is 13.8 Å². The minimum absolute atomic E-state index is 0.00527. The predicted molar refractivity (Wildman–Crippen MR) is 72.8 cm³/mol. The summed E-state index contributed by atoms with van der Waals surface area (Å²) in [6, 6.07) is 5.83. The number of carbonyl (C=O) groups is 1. The molecule has 102 valence electrons. The van der Waals surface area contributed by atoms with Crippen molar-refractivity contribution < 1.29 is 14.3 Å². The molecular weight excluding hydrogens is 240 g/mol. The first-order valence-electron chi connectivity index (χ1n) is 6.97. The first-order valence-corrected chi connectivity index (χ1v) is 6.97. The average Bonchev–Trinajstić information content (AvgIpc) is 2.74. The molecule has 0 spiro atoms. The van der Waals surface area contributed by atoms with Gasteiger partial charge in [-0.25, -0.2) is 0 Å². The standard InChI is InChI=1S/C16H20O3/c1-16(2)10-19-14-6-5-11(8-13(14)16)15(17)12-4-3-7-18-9-12/h5-6,8,12H,3-4,7,9-10H2,1-2H3. The number of ether oxygens (including phenoxy) is 2. The summed E-state index contributed by atoms with van der Waals surface area (Å²) in [5.74, 6) is 1.16. The first kappa shape index (κ1) is 12.7. The zero-order chi connectivity index (χ0) is 13.5. The summed E-state index contributed by atoms with van der Waals surface area (Å²) in [5, 5.41) is 0. The third kappa shape index (κ3) is 2.27. The largest absolute Gasteiger partial charge is 0.492 e. The number of fused-ring (bicyclic) bond motifs is 1. The van der Waals surface area contributed by atoms with Gasteiger partial charge in [0.2, 0.25) is 0 Å². The first-order chi connectivity index (χ1) is 9.08. The minimum atomic E-state index is -0.00527. The zero-order valence-electron chi connectivity index (χ0n) is 11.6. The molecule has 1 aromatic rings. The van der Waals surface area contributed by atoms with Crippen LogP contribution in [0, 0.1) is 5.92 Å². The maximum absolute atomic E-state index is 12.5. The second-order valence-electron chi connectivity index (χ2n) is 6.16. The van der Waals surface area contributed by atoms with Gasteiger partial charge in [0, 0.05) is 29.1 Å². The smallest absolute Gasteiger partial charge is 0.168 e. The van der Waals surface area contributed by atoms with Gasteiger partial charge in [0.15, 0.2) is 5.78 Å². The highest BCUT2D eigenvalue weighted by Gasteiger charge is 2.33. The van der Waals surface area contributed by atoms with Crippen LogP contribution >= 0.6 is 0 Å². The lowest BCUT2D eigenvalue weighted by molar-refractivity contribution is 0.0461. The molecule has 1 saturated heterocycles. The van der Waals surface area contributed by atoms with Crippen molar-refractivity contribution in [1.29, 1.82) is 0 Å². The Hall–Kier alpha value is -1.35. The molecule has 0 aliphatic carbocycles. The van der Waals surface area contributed by atoms with Crippen molar-refractivity contribution in [1.82, 2.24) is 0 Å². The Labute approximate surface area is 113 Å². The highest BCUT2D eigenvalue weighted by molar-refractivity contribution is 5.98. The molecule has 2 aliphatic rings. The Morgan fingerprint density at radius 1 is 1.37 bits per heavy atom.